The number of aryl methyl sites for hydroxylation is 2. The molecule has 0 unspecified atom stereocenters. The van der Waals surface area contributed by atoms with Crippen LogP contribution in [-0.4, -0.2) is 22.2 Å². The van der Waals surface area contributed by atoms with Crippen LogP contribution in [0, 0.1) is 12.3 Å². The van der Waals surface area contributed by atoms with Crippen LogP contribution in [0.1, 0.15) is 31.4 Å². The van der Waals surface area contributed by atoms with Gasteiger partial charge < -0.3 is 11.1 Å². The molecule has 0 aliphatic heterocycles. The lowest BCUT2D eigenvalue weighted by Crippen LogP contribution is -2.40. The van der Waals surface area contributed by atoms with Gasteiger partial charge in [0.15, 0.2) is 5.82 Å². The van der Waals surface area contributed by atoms with Crippen LogP contribution >= 0.6 is 0 Å². The minimum absolute atomic E-state index is 0.0237. The number of nitrogens with two attached hydrogens (primary N) is 1. The smallest absolute Gasteiger partial charge is 0.233 e. The van der Waals surface area contributed by atoms with Crippen molar-refractivity contribution in [2.24, 2.45) is 18.2 Å². The molecule has 0 bridgehead atoms. The van der Waals surface area contributed by atoms with Gasteiger partial charge in [0.05, 0.1) is 5.41 Å². The van der Waals surface area contributed by atoms with Crippen molar-refractivity contribution in [3.8, 4) is 0 Å². The molecule has 1 aliphatic rings. The van der Waals surface area contributed by atoms with Crippen molar-refractivity contribution >= 4 is 11.7 Å². The third-order valence-corrected chi connectivity index (χ3v) is 3.79. The summed E-state index contributed by atoms with van der Waals surface area (Å²) < 4.78 is 1.75. The summed E-state index contributed by atoms with van der Waals surface area (Å²) >= 11 is 0. The Morgan fingerprint density at radius 2 is 2.24 bits per heavy atom. The maximum atomic E-state index is 12.2. The third kappa shape index (κ3) is 2.20. The molecule has 0 radical (unpaired) electrons. The molecular weight excluding hydrogens is 216 g/mol. The first-order chi connectivity index (χ1) is 8.07. The number of rotatable bonds is 3. The molecule has 0 aromatic carbocycles. The lowest BCUT2D eigenvalue weighted by Gasteiger charge is -2.24. The molecule has 1 aliphatic carbocycles. The SMILES string of the molecule is Cc1cc(NC(=O)C2(CN)CCCC2)nn1C. The van der Waals surface area contributed by atoms with Gasteiger partial charge in [0.25, 0.3) is 0 Å². The fourth-order valence-electron chi connectivity index (χ4n) is 2.45. The number of nitrogens with zero attached hydrogens (tertiary/aromatic N) is 2. The van der Waals surface area contributed by atoms with Gasteiger partial charge in [-0.1, -0.05) is 12.8 Å². The predicted molar refractivity (Wildman–Crippen MR) is 66.5 cm³/mol. The monoisotopic (exact) mass is 236 g/mol. The van der Waals surface area contributed by atoms with E-state index in [1.807, 2.05) is 20.0 Å². The highest BCUT2D eigenvalue weighted by molar-refractivity contribution is 5.95. The molecule has 1 aromatic rings. The molecule has 0 spiro atoms. The summed E-state index contributed by atoms with van der Waals surface area (Å²) in [6.45, 7) is 2.38. The summed E-state index contributed by atoms with van der Waals surface area (Å²) in [5.74, 6) is 0.644. The summed E-state index contributed by atoms with van der Waals surface area (Å²) in [5.41, 5.74) is 6.42. The lowest BCUT2D eigenvalue weighted by atomic mass is 9.85. The van der Waals surface area contributed by atoms with Crippen molar-refractivity contribution in [1.82, 2.24) is 9.78 Å². The van der Waals surface area contributed by atoms with Crippen molar-refractivity contribution in [3.05, 3.63) is 11.8 Å². The summed E-state index contributed by atoms with van der Waals surface area (Å²) in [7, 11) is 1.86. The van der Waals surface area contributed by atoms with Gasteiger partial charge in [0, 0.05) is 25.4 Å². The fourth-order valence-corrected chi connectivity index (χ4v) is 2.45. The number of carbonyl (C=O) groups is 1. The number of anilines is 1. The van der Waals surface area contributed by atoms with Crippen molar-refractivity contribution in [2.75, 3.05) is 11.9 Å². The van der Waals surface area contributed by atoms with Gasteiger partial charge in [-0.2, -0.15) is 5.10 Å². The molecule has 0 atom stereocenters. The molecule has 3 N–H and O–H groups in total. The maximum Gasteiger partial charge on any atom is 0.233 e. The van der Waals surface area contributed by atoms with Gasteiger partial charge >= 0.3 is 0 Å². The Morgan fingerprint density at radius 1 is 1.59 bits per heavy atom. The van der Waals surface area contributed by atoms with E-state index in [1.54, 1.807) is 4.68 Å². The van der Waals surface area contributed by atoms with E-state index in [1.165, 1.54) is 0 Å². The topological polar surface area (TPSA) is 72.9 Å². The maximum absolute atomic E-state index is 12.2. The Morgan fingerprint density at radius 3 is 2.71 bits per heavy atom. The molecule has 17 heavy (non-hydrogen) atoms. The van der Waals surface area contributed by atoms with Gasteiger partial charge in [-0.05, 0) is 19.8 Å². The molecule has 1 fully saturated rings. The molecule has 1 amide bonds. The minimum Gasteiger partial charge on any atom is -0.329 e. The van der Waals surface area contributed by atoms with E-state index in [9.17, 15) is 4.79 Å². The van der Waals surface area contributed by atoms with E-state index >= 15 is 0 Å². The van der Waals surface area contributed by atoms with Crippen LogP contribution in [-0.2, 0) is 11.8 Å². The average Bonchev–Trinajstić information content (AvgIpc) is 2.88. The second-order valence-corrected chi connectivity index (χ2v) is 4.94. The number of hydrogen-bond donors (Lipinski definition) is 2. The highest BCUT2D eigenvalue weighted by atomic mass is 16.2. The van der Waals surface area contributed by atoms with E-state index < -0.39 is 0 Å². The Balaban J connectivity index is 2.10. The Kier molecular flexibility index (Phi) is 3.19. The number of nitrogens with one attached hydrogen (secondary N) is 1. The van der Waals surface area contributed by atoms with Gasteiger partial charge in [-0.25, -0.2) is 0 Å². The molecule has 1 aromatic heterocycles. The Hall–Kier alpha value is -1.36. The first-order valence-corrected chi connectivity index (χ1v) is 6.09. The van der Waals surface area contributed by atoms with Crippen LogP contribution in [0.25, 0.3) is 0 Å². The molecule has 2 rings (SSSR count). The summed E-state index contributed by atoms with van der Waals surface area (Å²) in [5, 5.41) is 7.12. The number of carbonyl (C=O) groups excluding carboxylic acids is 1. The zero-order valence-corrected chi connectivity index (χ0v) is 10.5. The van der Waals surface area contributed by atoms with Crippen LogP contribution in [0.2, 0.25) is 0 Å². The highest BCUT2D eigenvalue weighted by Crippen LogP contribution is 2.38. The van der Waals surface area contributed by atoms with Crippen LogP contribution in [0.4, 0.5) is 5.82 Å². The fraction of sp³-hybridized carbons (Fsp3) is 0.667. The van der Waals surface area contributed by atoms with E-state index in [-0.39, 0.29) is 11.3 Å². The van der Waals surface area contributed by atoms with Gasteiger partial charge in [0.2, 0.25) is 5.91 Å². The molecule has 5 heteroatoms. The van der Waals surface area contributed by atoms with Crippen LogP contribution < -0.4 is 11.1 Å². The zero-order chi connectivity index (χ0) is 12.5. The van der Waals surface area contributed by atoms with Crippen LogP contribution in [0.15, 0.2) is 6.07 Å². The zero-order valence-electron chi connectivity index (χ0n) is 10.5. The van der Waals surface area contributed by atoms with Crippen molar-refractivity contribution in [3.63, 3.8) is 0 Å². The molecular formula is C12H20N4O. The van der Waals surface area contributed by atoms with Gasteiger partial charge in [0.1, 0.15) is 0 Å². The molecule has 1 saturated carbocycles. The number of hydrogen-bond acceptors (Lipinski definition) is 3. The minimum atomic E-state index is -0.370. The summed E-state index contributed by atoms with van der Waals surface area (Å²) in [4.78, 5) is 12.2. The Labute approximate surface area is 101 Å². The largest absolute Gasteiger partial charge is 0.329 e. The normalized spacial score (nSPS) is 18.3. The van der Waals surface area contributed by atoms with E-state index in [4.69, 9.17) is 5.73 Å². The predicted octanol–water partition coefficient (Wildman–Crippen LogP) is 1.19. The first kappa shape index (κ1) is 12.1. The molecule has 1 heterocycles. The lowest BCUT2D eigenvalue weighted by molar-refractivity contribution is -0.124. The number of aromatic nitrogens is 2. The standard InChI is InChI=1S/C12H20N4O/c1-9-7-10(15-16(9)2)14-11(17)12(8-13)5-3-4-6-12/h7H,3-6,8,13H2,1-2H3,(H,14,15,17). The van der Waals surface area contributed by atoms with E-state index in [2.05, 4.69) is 10.4 Å². The quantitative estimate of drug-likeness (QED) is 0.828. The average molecular weight is 236 g/mol. The van der Waals surface area contributed by atoms with Crippen molar-refractivity contribution in [1.29, 1.82) is 0 Å². The molecule has 0 saturated heterocycles. The molecule has 94 valence electrons. The van der Waals surface area contributed by atoms with Crippen LogP contribution in [0.3, 0.4) is 0 Å². The van der Waals surface area contributed by atoms with E-state index in [0.717, 1.165) is 31.4 Å². The first-order valence-electron chi connectivity index (χ1n) is 6.09. The number of amides is 1. The Bertz CT molecular complexity index is 399. The summed E-state index contributed by atoms with van der Waals surface area (Å²) in [6, 6.07) is 1.87. The molecule has 5 nitrogen and oxygen atoms in total. The van der Waals surface area contributed by atoms with Crippen molar-refractivity contribution < 1.29 is 4.79 Å². The summed E-state index contributed by atoms with van der Waals surface area (Å²) in [6.07, 6.45) is 3.96. The van der Waals surface area contributed by atoms with Crippen LogP contribution in [0.5, 0.6) is 0 Å². The second kappa shape index (κ2) is 4.49. The van der Waals surface area contributed by atoms with Gasteiger partial charge in [-0.15, -0.1) is 0 Å². The third-order valence-electron chi connectivity index (χ3n) is 3.79. The highest BCUT2D eigenvalue weighted by Gasteiger charge is 2.40. The van der Waals surface area contributed by atoms with Gasteiger partial charge in [-0.3, -0.25) is 9.48 Å². The van der Waals surface area contributed by atoms with Crippen molar-refractivity contribution in [2.45, 2.75) is 32.6 Å². The van der Waals surface area contributed by atoms with E-state index in [0.29, 0.717) is 12.4 Å². The second-order valence-electron chi connectivity index (χ2n) is 4.94.